The minimum Gasteiger partial charge on any atom is -0.368 e. The van der Waals surface area contributed by atoms with Crippen LogP contribution in [0, 0.1) is 11.8 Å². The van der Waals surface area contributed by atoms with E-state index < -0.39 is 0 Å². The van der Waals surface area contributed by atoms with Crippen molar-refractivity contribution in [1.82, 2.24) is 15.3 Å². The normalized spacial score (nSPS) is 31.3. The van der Waals surface area contributed by atoms with Gasteiger partial charge in [-0.3, -0.25) is 0 Å². The SMILES string of the molecule is Nc1nc(N[C@@H]2C[C@H]3CC[C@@H]2C3)cc(N2CCCNCC2)n1. The first kappa shape index (κ1) is 14.1. The molecule has 120 valence electrons. The van der Waals surface area contributed by atoms with Gasteiger partial charge in [0.05, 0.1) is 0 Å². The van der Waals surface area contributed by atoms with Crippen molar-refractivity contribution < 1.29 is 0 Å². The van der Waals surface area contributed by atoms with Crippen LogP contribution in [0.3, 0.4) is 0 Å². The van der Waals surface area contributed by atoms with E-state index in [1.165, 1.54) is 25.7 Å². The van der Waals surface area contributed by atoms with Gasteiger partial charge in [0.2, 0.25) is 5.95 Å². The number of rotatable bonds is 3. The van der Waals surface area contributed by atoms with Gasteiger partial charge in [0.25, 0.3) is 0 Å². The number of nitrogen functional groups attached to an aromatic ring is 1. The number of nitrogens with two attached hydrogens (primary N) is 1. The zero-order valence-corrected chi connectivity index (χ0v) is 13.1. The maximum absolute atomic E-state index is 5.95. The molecule has 0 aromatic carbocycles. The summed E-state index contributed by atoms with van der Waals surface area (Å²) in [5, 5.41) is 7.06. The van der Waals surface area contributed by atoms with Gasteiger partial charge in [0, 0.05) is 31.7 Å². The summed E-state index contributed by atoms with van der Waals surface area (Å²) in [5.41, 5.74) is 5.95. The van der Waals surface area contributed by atoms with E-state index in [-0.39, 0.29) is 0 Å². The second-order valence-corrected chi connectivity index (χ2v) is 6.99. The summed E-state index contributed by atoms with van der Waals surface area (Å²) in [4.78, 5) is 11.2. The van der Waals surface area contributed by atoms with E-state index in [1.807, 2.05) is 0 Å². The van der Waals surface area contributed by atoms with Crippen LogP contribution in [-0.4, -0.2) is 42.2 Å². The van der Waals surface area contributed by atoms with E-state index in [0.29, 0.717) is 12.0 Å². The molecule has 3 atom stereocenters. The van der Waals surface area contributed by atoms with Crippen molar-refractivity contribution >= 4 is 17.6 Å². The summed E-state index contributed by atoms with van der Waals surface area (Å²) in [6.07, 6.45) is 6.60. The molecule has 2 bridgehead atoms. The highest BCUT2D eigenvalue weighted by Gasteiger charge is 2.39. The first-order chi connectivity index (χ1) is 10.8. The minimum atomic E-state index is 0.375. The van der Waals surface area contributed by atoms with E-state index in [0.717, 1.165) is 56.1 Å². The maximum Gasteiger partial charge on any atom is 0.223 e. The second-order valence-electron chi connectivity index (χ2n) is 6.99. The highest BCUT2D eigenvalue weighted by atomic mass is 15.2. The van der Waals surface area contributed by atoms with Crippen molar-refractivity contribution in [3.05, 3.63) is 6.07 Å². The molecule has 3 aliphatic rings. The monoisotopic (exact) mass is 302 g/mol. The third-order valence-electron chi connectivity index (χ3n) is 5.47. The molecule has 6 nitrogen and oxygen atoms in total. The van der Waals surface area contributed by atoms with Gasteiger partial charge in [0.1, 0.15) is 11.6 Å². The summed E-state index contributed by atoms with van der Waals surface area (Å²) < 4.78 is 0. The molecule has 4 N–H and O–H groups in total. The molecular formula is C16H26N6. The molecule has 4 rings (SSSR count). The molecule has 6 heteroatoms. The highest BCUT2D eigenvalue weighted by molar-refractivity contribution is 5.53. The highest BCUT2D eigenvalue weighted by Crippen LogP contribution is 2.45. The molecule has 22 heavy (non-hydrogen) atoms. The lowest BCUT2D eigenvalue weighted by Gasteiger charge is -2.25. The van der Waals surface area contributed by atoms with E-state index in [1.54, 1.807) is 0 Å². The molecule has 1 saturated heterocycles. The molecule has 0 radical (unpaired) electrons. The molecule has 0 spiro atoms. The Hall–Kier alpha value is -1.56. The van der Waals surface area contributed by atoms with Crippen LogP contribution in [0.15, 0.2) is 6.07 Å². The average molecular weight is 302 g/mol. The smallest absolute Gasteiger partial charge is 0.223 e. The van der Waals surface area contributed by atoms with E-state index in [4.69, 9.17) is 5.73 Å². The lowest BCUT2D eigenvalue weighted by Crippen LogP contribution is -2.30. The number of nitrogens with zero attached hydrogens (tertiary/aromatic N) is 3. The van der Waals surface area contributed by atoms with Gasteiger partial charge in [-0.1, -0.05) is 6.42 Å². The number of anilines is 3. The molecule has 2 saturated carbocycles. The number of nitrogens with one attached hydrogen (secondary N) is 2. The van der Waals surface area contributed by atoms with Crippen molar-refractivity contribution in [3.8, 4) is 0 Å². The van der Waals surface area contributed by atoms with Crippen LogP contribution in [0.2, 0.25) is 0 Å². The van der Waals surface area contributed by atoms with Crippen LogP contribution in [0.5, 0.6) is 0 Å². The lowest BCUT2D eigenvalue weighted by atomic mass is 9.95. The first-order valence-corrected chi connectivity index (χ1v) is 8.65. The van der Waals surface area contributed by atoms with Crippen LogP contribution in [0.4, 0.5) is 17.6 Å². The Kier molecular flexibility index (Phi) is 3.78. The Balaban J connectivity index is 1.50. The first-order valence-electron chi connectivity index (χ1n) is 8.65. The summed E-state index contributed by atoms with van der Waals surface area (Å²) in [6, 6.07) is 2.65. The summed E-state index contributed by atoms with van der Waals surface area (Å²) >= 11 is 0. The van der Waals surface area contributed by atoms with Gasteiger partial charge in [-0.05, 0) is 44.1 Å². The standard InChI is InChI=1S/C16H26N6/c17-16-20-14(19-13-9-11-2-3-12(13)8-11)10-15(21-16)22-6-1-4-18-5-7-22/h10-13,18H,1-9H2,(H3,17,19,20,21)/t11-,12+,13+/m0/s1. The van der Waals surface area contributed by atoms with Crippen LogP contribution in [0.1, 0.15) is 32.1 Å². The molecule has 1 aromatic rings. The van der Waals surface area contributed by atoms with Crippen LogP contribution < -0.4 is 21.3 Å². The third-order valence-corrected chi connectivity index (χ3v) is 5.47. The zero-order valence-electron chi connectivity index (χ0n) is 13.1. The Morgan fingerprint density at radius 1 is 1.18 bits per heavy atom. The van der Waals surface area contributed by atoms with Crippen molar-refractivity contribution in [3.63, 3.8) is 0 Å². The van der Waals surface area contributed by atoms with Crippen molar-refractivity contribution in [1.29, 1.82) is 0 Å². The van der Waals surface area contributed by atoms with Gasteiger partial charge in [0.15, 0.2) is 0 Å². The van der Waals surface area contributed by atoms with E-state index in [2.05, 4.69) is 31.6 Å². The molecule has 2 aliphatic carbocycles. The number of hydrogen-bond donors (Lipinski definition) is 3. The zero-order chi connectivity index (χ0) is 14.9. The molecule has 1 aromatic heterocycles. The summed E-state index contributed by atoms with van der Waals surface area (Å²) in [7, 11) is 0. The Morgan fingerprint density at radius 3 is 2.95 bits per heavy atom. The fraction of sp³-hybridized carbons (Fsp3) is 0.750. The van der Waals surface area contributed by atoms with Gasteiger partial charge in [-0.15, -0.1) is 0 Å². The minimum absolute atomic E-state index is 0.375. The molecule has 2 heterocycles. The maximum atomic E-state index is 5.95. The van der Waals surface area contributed by atoms with E-state index >= 15 is 0 Å². The fourth-order valence-electron chi connectivity index (χ4n) is 4.37. The number of hydrogen-bond acceptors (Lipinski definition) is 6. The largest absolute Gasteiger partial charge is 0.368 e. The van der Waals surface area contributed by atoms with Gasteiger partial charge in [-0.2, -0.15) is 9.97 Å². The molecule has 0 unspecified atom stereocenters. The average Bonchev–Trinajstić information content (AvgIpc) is 3.00. The molecule has 0 amide bonds. The summed E-state index contributed by atoms with van der Waals surface area (Å²) in [6.45, 7) is 4.08. The predicted octanol–water partition coefficient (Wildman–Crippen LogP) is 1.46. The molecule has 1 aliphatic heterocycles. The number of aromatic nitrogens is 2. The Bertz CT molecular complexity index is 525. The lowest BCUT2D eigenvalue weighted by molar-refractivity contribution is 0.439. The van der Waals surface area contributed by atoms with Crippen molar-refractivity contribution in [2.24, 2.45) is 11.8 Å². The topological polar surface area (TPSA) is 79.1 Å². The van der Waals surface area contributed by atoms with Gasteiger partial charge >= 0.3 is 0 Å². The van der Waals surface area contributed by atoms with E-state index in [9.17, 15) is 0 Å². The van der Waals surface area contributed by atoms with Gasteiger partial charge in [-0.25, -0.2) is 0 Å². The third kappa shape index (κ3) is 2.84. The molecule has 3 fully saturated rings. The fourth-order valence-corrected chi connectivity index (χ4v) is 4.37. The van der Waals surface area contributed by atoms with Crippen LogP contribution in [0.25, 0.3) is 0 Å². The van der Waals surface area contributed by atoms with Gasteiger partial charge < -0.3 is 21.3 Å². The quantitative estimate of drug-likeness (QED) is 0.784. The number of fused-ring (bicyclic) bond motifs is 2. The second kappa shape index (κ2) is 5.91. The summed E-state index contributed by atoms with van der Waals surface area (Å²) in [5.74, 6) is 3.99. The van der Waals surface area contributed by atoms with Crippen LogP contribution >= 0.6 is 0 Å². The predicted molar refractivity (Wildman–Crippen MR) is 89.0 cm³/mol. The van der Waals surface area contributed by atoms with Crippen LogP contribution in [-0.2, 0) is 0 Å². The Labute approximate surface area is 131 Å². The molecular weight excluding hydrogens is 276 g/mol. The van der Waals surface area contributed by atoms with Crippen molar-refractivity contribution in [2.45, 2.75) is 38.1 Å². The Morgan fingerprint density at radius 2 is 2.14 bits per heavy atom. The van der Waals surface area contributed by atoms with Crippen molar-refractivity contribution in [2.75, 3.05) is 42.1 Å².